The number of hydrogen-bond donors (Lipinski definition) is 1. The molecule has 0 fully saturated rings. The number of aryl methyl sites for hydroxylation is 1. The molecule has 4 nitrogen and oxygen atoms in total. The molecule has 0 aliphatic heterocycles. The van der Waals surface area contributed by atoms with Crippen LogP contribution in [0.4, 0.5) is 13.2 Å². The lowest BCUT2D eigenvalue weighted by Gasteiger charge is -2.14. The Hall–Kier alpha value is -2.09. The second-order valence-electron chi connectivity index (χ2n) is 6.08. The SMILES string of the molecule is CSc1nc(C(C)C)nc(C)c1C(=O)NCc1ccc(C(F)(F)F)cc1. The van der Waals surface area contributed by atoms with Gasteiger partial charge in [0, 0.05) is 12.5 Å². The minimum atomic E-state index is -4.37. The molecule has 0 saturated heterocycles. The van der Waals surface area contributed by atoms with Crippen LogP contribution in [0.5, 0.6) is 0 Å². The molecule has 1 aromatic carbocycles. The van der Waals surface area contributed by atoms with Crippen molar-refractivity contribution in [1.29, 1.82) is 0 Å². The van der Waals surface area contributed by atoms with Gasteiger partial charge in [0.1, 0.15) is 10.9 Å². The van der Waals surface area contributed by atoms with Crippen LogP contribution in [0, 0.1) is 6.92 Å². The Morgan fingerprint density at radius 1 is 1.19 bits per heavy atom. The number of nitrogens with one attached hydrogen (secondary N) is 1. The molecule has 26 heavy (non-hydrogen) atoms. The summed E-state index contributed by atoms with van der Waals surface area (Å²) in [6.07, 6.45) is -2.54. The van der Waals surface area contributed by atoms with Crippen molar-refractivity contribution in [2.45, 2.75) is 44.4 Å². The first-order valence-corrected chi connectivity index (χ1v) is 9.22. The van der Waals surface area contributed by atoms with Gasteiger partial charge in [-0.25, -0.2) is 9.97 Å². The zero-order valence-electron chi connectivity index (χ0n) is 14.9. The van der Waals surface area contributed by atoms with Crippen molar-refractivity contribution < 1.29 is 18.0 Å². The van der Waals surface area contributed by atoms with Gasteiger partial charge < -0.3 is 5.32 Å². The third kappa shape index (κ3) is 4.75. The summed E-state index contributed by atoms with van der Waals surface area (Å²) in [5, 5.41) is 3.31. The fourth-order valence-corrected chi connectivity index (χ4v) is 2.95. The number of aromatic nitrogens is 2. The van der Waals surface area contributed by atoms with Gasteiger partial charge in [-0.3, -0.25) is 4.79 Å². The number of halogens is 3. The van der Waals surface area contributed by atoms with Gasteiger partial charge in [0.05, 0.1) is 16.8 Å². The molecule has 8 heteroatoms. The Kier molecular flexibility index (Phi) is 6.28. The smallest absolute Gasteiger partial charge is 0.348 e. The minimum absolute atomic E-state index is 0.121. The zero-order valence-corrected chi connectivity index (χ0v) is 15.8. The second kappa shape index (κ2) is 8.07. The van der Waals surface area contributed by atoms with E-state index in [9.17, 15) is 18.0 Å². The van der Waals surface area contributed by atoms with E-state index in [0.717, 1.165) is 12.1 Å². The summed E-state index contributed by atoms with van der Waals surface area (Å²) >= 11 is 1.36. The molecule has 2 rings (SSSR count). The van der Waals surface area contributed by atoms with E-state index in [1.807, 2.05) is 20.1 Å². The standard InChI is InChI=1S/C18H20F3N3OS/c1-10(2)15-23-11(3)14(17(24-15)26-4)16(25)22-9-12-5-7-13(8-6-12)18(19,20)21/h5-8,10H,9H2,1-4H3,(H,22,25). The Morgan fingerprint density at radius 3 is 2.31 bits per heavy atom. The van der Waals surface area contributed by atoms with Gasteiger partial charge in [-0.05, 0) is 30.9 Å². The zero-order chi connectivity index (χ0) is 19.5. The lowest BCUT2D eigenvalue weighted by Crippen LogP contribution is -2.25. The van der Waals surface area contributed by atoms with E-state index in [4.69, 9.17) is 0 Å². The molecule has 1 N–H and O–H groups in total. The van der Waals surface area contributed by atoms with Gasteiger partial charge in [0.2, 0.25) is 0 Å². The van der Waals surface area contributed by atoms with Crippen molar-refractivity contribution in [3.63, 3.8) is 0 Å². The molecule has 1 heterocycles. The maximum atomic E-state index is 12.6. The van der Waals surface area contributed by atoms with Crippen LogP contribution in [0.2, 0.25) is 0 Å². The number of nitrogens with zero attached hydrogens (tertiary/aromatic N) is 2. The molecule has 0 atom stereocenters. The molecule has 1 aromatic heterocycles. The predicted molar refractivity (Wildman–Crippen MR) is 95.3 cm³/mol. The van der Waals surface area contributed by atoms with E-state index >= 15 is 0 Å². The maximum Gasteiger partial charge on any atom is 0.416 e. The average molecular weight is 383 g/mol. The summed E-state index contributed by atoms with van der Waals surface area (Å²) in [6.45, 7) is 5.82. The van der Waals surface area contributed by atoms with Crippen LogP contribution in [0.25, 0.3) is 0 Å². The number of thioether (sulfide) groups is 1. The lowest BCUT2D eigenvalue weighted by molar-refractivity contribution is -0.137. The second-order valence-corrected chi connectivity index (χ2v) is 6.88. The molecule has 0 aliphatic rings. The largest absolute Gasteiger partial charge is 0.416 e. The molecule has 0 bridgehead atoms. The number of carbonyl (C=O) groups is 1. The van der Waals surface area contributed by atoms with Gasteiger partial charge in [0.25, 0.3) is 5.91 Å². The van der Waals surface area contributed by atoms with Gasteiger partial charge in [-0.2, -0.15) is 13.2 Å². The highest BCUT2D eigenvalue weighted by Crippen LogP contribution is 2.29. The van der Waals surface area contributed by atoms with Crippen molar-refractivity contribution in [3.05, 3.63) is 52.5 Å². The highest BCUT2D eigenvalue weighted by atomic mass is 32.2. The van der Waals surface area contributed by atoms with Gasteiger partial charge in [-0.15, -0.1) is 11.8 Å². The van der Waals surface area contributed by atoms with Crippen molar-refractivity contribution in [3.8, 4) is 0 Å². The van der Waals surface area contributed by atoms with Crippen LogP contribution in [0.15, 0.2) is 29.3 Å². The Balaban J connectivity index is 2.15. The third-order valence-electron chi connectivity index (χ3n) is 3.75. The number of hydrogen-bond acceptors (Lipinski definition) is 4. The number of carbonyl (C=O) groups excluding carboxylic acids is 1. The Morgan fingerprint density at radius 2 is 1.81 bits per heavy atom. The van der Waals surface area contributed by atoms with Crippen molar-refractivity contribution >= 4 is 17.7 Å². The minimum Gasteiger partial charge on any atom is -0.348 e. The number of amides is 1. The number of alkyl halides is 3. The van der Waals surface area contributed by atoms with E-state index < -0.39 is 11.7 Å². The van der Waals surface area contributed by atoms with E-state index in [1.54, 1.807) is 6.92 Å². The predicted octanol–water partition coefficient (Wildman–Crippen LogP) is 4.58. The number of rotatable bonds is 5. The quantitative estimate of drug-likeness (QED) is 0.607. The summed E-state index contributed by atoms with van der Waals surface area (Å²) < 4.78 is 37.8. The van der Waals surface area contributed by atoms with E-state index in [-0.39, 0.29) is 18.4 Å². The lowest BCUT2D eigenvalue weighted by atomic mass is 10.1. The Bertz CT molecular complexity index is 790. The van der Waals surface area contributed by atoms with Gasteiger partial charge in [-0.1, -0.05) is 26.0 Å². The Labute approximate surface area is 154 Å². The highest BCUT2D eigenvalue weighted by molar-refractivity contribution is 7.98. The highest BCUT2D eigenvalue weighted by Gasteiger charge is 2.30. The first kappa shape index (κ1) is 20.2. The molecular formula is C18H20F3N3OS. The monoisotopic (exact) mass is 383 g/mol. The summed E-state index contributed by atoms with van der Waals surface area (Å²) in [5.41, 5.74) is 0.840. The van der Waals surface area contributed by atoms with Crippen molar-refractivity contribution in [1.82, 2.24) is 15.3 Å². The normalized spacial score (nSPS) is 11.7. The van der Waals surface area contributed by atoms with Crippen molar-refractivity contribution in [2.24, 2.45) is 0 Å². The van der Waals surface area contributed by atoms with E-state index in [0.29, 0.717) is 27.7 Å². The molecule has 0 unspecified atom stereocenters. The fraction of sp³-hybridized carbons (Fsp3) is 0.389. The van der Waals surface area contributed by atoms with Crippen LogP contribution in [-0.2, 0) is 12.7 Å². The molecule has 140 valence electrons. The fourth-order valence-electron chi connectivity index (χ4n) is 2.32. The first-order chi connectivity index (χ1) is 12.1. The van der Waals surface area contributed by atoms with Crippen LogP contribution >= 0.6 is 11.8 Å². The van der Waals surface area contributed by atoms with Crippen LogP contribution < -0.4 is 5.32 Å². The molecule has 2 aromatic rings. The van der Waals surface area contributed by atoms with Gasteiger partial charge >= 0.3 is 6.18 Å². The number of benzene rings is 1. The molecule has 1 amide bonds. The summed E-state index contributed by atoms with van der Waals surface area (Å²) in [6, 6.07) is 4.70. The molecule has 0 spiro atoms. The van der Waals surface area contributed by atoms with Crippen LogP contribution in [0.1, 0.15) is 52.8 Å². The van der Waals surface area contributed by atoms with Crippen LogP contribution in [0.3, 0.4) is 0 Å². The van der Waals surface area contributed by atoms with Crippen LogP contribution in [-0.4, -0.2) is 22.1 Å². The summed E-state index contributed by atoms with van der Waals surface area (Å²) in [5.74, 6) is 0.469. The molecule has 0 aliphatic carbocycles. The molecule has 0 saturated carbocycles. The average Bonchev–Trinajstić information content (AvgIpc) is 2.58. The first-order valence-electron chi connectivity index (χ1n) is 8.00. The maximum absolute atomic E-state index is 12.6. The van der Waals surface area contributed by atoms with Crippen molar-refractivity contribution in [2.75, 3.05) is 6.26 Å². The van der Waals surface area contributed by atoms with E-state index in [2.05, 4.69) is 15.3 Å². The molecular weight excluding hydrogens is 363 g/mol. The summed E-state index contributed by atoms with van der Waals surface area (Å²) in [4.78, 5) is 21.4. The van der Waals surface area contributed by atoms with Gasteiger partial charge in [0.15, 0.2) is 0 Å². The topological polar surface area (TPSA) is 54.9 Å². The van der Waals surface area contributed by atoms with E-state index in [1.165, 1.54) is 23.9 Å². The summed E-state index contributed by atoms with van der Waals surface area (Å²) in [7, 11) is 0. The molecule has 0 radical (unpaired) electrons. The third-order valence-corrected chi connectivity index (χ3v) is 4.43.